The monoisotopic (exact) mass is 211 g/mol. The van der Waals surface area contributed by atoms with E-state index in [9.17, 15) is 0 Å². The van der Waals surface area contributed by atoms with Crippen molar-refractivity contribution in [1.29, 1.82) is 0 Å². The number of hydrogen-bond donors (Lipinski definition) is 0. The van der Waals surface area contributed by atoms with Gasteiger partial charge in [0.25, 0.3) is 0 Å². The minimum Gasteiger partial charge on any atom is -0.0654 e. The summed E-state index contributed by atoms with van der Waals surface area (Å²) in [4.78, 5) is 0. The van der Waals surface area contributed by atoms with Gasteiger partial charge in [-0.15, -0.1) is 0 Å². The Bertz CT molecular complexity index is 101. The molecule has 0 heteroatoms. The van der Waals surface area contributed by atoms with E-state index in [1.54, 1.807) is 0 Å². The molecule has 91 valence electrons. The van der Waals surface area contributed by atoms with E-state index in [4.69, 9.17) is 0 Å². The van der Waals surface area contributed by atoms with Crippen LogP contribution in [0.25, 0.3) is 0 Å². The molecule has 1 radical (unpaired) electrons. The first-order valence-electron chi connectivity index (χ1n) is 7.14. The minimum absolute atomic E-state index is 0.971. The van der Waals surface area contributed by atoms with Gasteiger partial charge in [0.2, 0.25) is 0 Å². The maximum absolute atomic E-state index is 3.98. The summed E-state index contributed by atoms with van der Waals surface area (Å²) in [6.07, 6.45) is 15.3. The first kappa shape index (κ1) is 15.0. The minimum atomic E-state index is 0.971. The van der Waals surface area contributed by atoms with Crippen LogP contribution in [0.3, 0.4) is 0 Å². The fourth-order valence-electron chi connectivity index (χ4n) is 2.34. The summed E-state index contributed by atoms with van der Waals surface area (Å²) in [7, 11) is 0. The molecule has 0 rings (SSSR count). The topological polar surface area (TPSA) is 0 Å². The largest absolute Gasteiger partial charge is 0.0654 e. The van der Waals surface area contributed by atoms with E-state index in [1.807, 2.05) is 0 Å². The zero-order valence-electron chi connectivity index (χ0n) is 11.1. The Morgan fingerprint density at radius 1 is 0.733 bits per heavy atom. The Morgan fingerprint density at radius 2 is 1.40 bits per heavy atom. The molecule has 0 fully saturated rings. The maximum Gasteiger partial charge on any atom is -0.0414 e. The zero-order chi connectivity index (χ0) is 11.4. The molecule has 0 saturated carbocycles. The molecule has 0 bridgehead atoms. The van der Waals surface area contributed by atoms with Gasteiger partial charge in [0, 0.05) is 0 Å². The highest BCUT2D eigenvalue weighted by Crippen LogP contribution is 2.21. The van der Waals surface area contributed by atoms with Crippen molar-refractivity contribution in [2.45, 2.75) is 84.5 Å². The number of unbranched alkanes of at least 4 members (excludes halogenated alkanes) is 5. The van der Waals surface area contributed by atoms with Gasteiger partial charge in [-0.2, -0.15) is 0 Å². The van der Waals surface area contributed by atoms with Crippen LogP contribution in [0, 0.1) is 12.8 Å². The first-order valence-corrected chi connectivity index (χ1v) is 7.14. The first-order chi connectivity index (χ1) is 7.35. The van der Waals surface area contributed by atoms with Gasteiger partial charge in [-0.3, -0.25) is 0 Å². The maximum atomic E-state index is 3.98. The smallest absolute Gasteiger partial charge is 0.0414 e. The van der Waals surface area contributed by atoms with Gasteiger partial charge in [-0.1, -0.05) is 91.4 Å². The molecular formula is C15H31. The van der Waals surface area contributed by atoms with Crippen molar-refractivity contribution in [1.82, 2.24) is 0 Å². The van der Waals surface area contributed by atoms with Gasteiger partial charge in [0.05, 0.1) is 0 Å². The van der Waals surface area contributed by atoms with Crippen LogP contribution < -0.4 is 0 Å². The van der Waals surface area contributed by atoms with Crippen molar-refractivity contribution < 1.29 is 0 Å². The Morgan fingerprint density at radius 3 is 2.00 bits per heavy atom. The lowest BCUT2D eigenvalue weighted by atomic mass is 9.92. The average molecular weight is 211 g/mol. The molecule has 0 aliphatic carbocycles. The van der Waals surface area contributed by atoms with Gasteiger partial charge >= 0.3 is 0 Å². The van der Waals surface area contributed by atoms with Gasteiger partial charge in [-0.05, 0) is 5.92 Å². The fourth-order valence-corrected chi connectivity index (χ4v) is 2.34. The lowest BCUT2D eigenvalue weighted by molar-refractivity contribution is 0.396. The lowest BCUT2D eigenvalue weighted by Gasteiger charge is -2.14. The van der Waals surface area contributed by atoms with E-state index in [0.29, 0.717) is 0 Å². The molecule has 0 aromatic carbocycles. The highest BCUT2D eigenvalue weighted by atomic mass is 14.1. The molecular weight excluding hydrogens is 180 g/mol. The van der Waals surface area contributed by atoms with Crippen LogP contribution in [0.4, 0.5) is 0 Å². The van der Waals surface area contributed by atoms with E-state index < -0.39 is 0 Å². The molecule has 0 spiro atoms. The van der Waals surface area contributed by atoms with Crippen LogP contribution in [0.15, 0.2) is 0 Å². The van der Waals surface area contributed by atoms with E-state index in [-0.39, 0.29) is 0 Å². The van der Waals surface area contributed by atoms with E-state index >= 15 is 0 Å². The molecule has 0 aromatic rings. The second-order valence-electron chi connectivity index (χ2n) is 4.85. The number of hydrogen-bond acceptors (Lipinski definition) is 0. The van der Waals surface area contributed by atoms with E-state index in [1.165, 1.54) is 64.2 Å². The second-order valence-corrected chi connectivity index (χ2v) is 4.85. The molecule has 0 aliphatic rings. The molecule has 0 aromatic heterocycles. The lowest BCUT2D eigenvalue weighted by Crippen LogP contribution is -1.99. The van der Waals surface area contributed by atoms with Crippen molar-refractivity contribution in [3.05, 3.63) is 6.92 Å². The van der Waals surface area contributed by atoms with Crippen LogP contribution in [0.1, 0.15) is 84.5 Å². The molecule has 0 heterocycles. The highest BCUT2D eigenvalue weighted by molar-refractivity contribution is 4.60. The normalized spacial score (nSPS) is 11.2. The average Bonchev–Trinajstić information content (AvgIpc) is 2.24. The van der Waals surface area contributed by atoms with Crippen LogP contribution in [0.2, 0.25) is 0 Å². The summed E-state index contributed by atoms with van der Waals surface area (Å²) in [6, 6.07) is 0. The van der Waals surface area contributed by atoms with Crippen molar-refractivity contribution in [3.8, 4) is 0 Å². The van der Waals surface area contributed by atoms with Crippen LogP contribution >= 0.6 is 0 Å². The summed E-state index contributed by atoms with van der Waals surface area (Å²) in [6.45, 7) is 8.56. The number of rotatable bonds is 11. The van der Waals surface area contributed by atoms with E-state index in [0.717, 1.165) is 12.3 Å². The Balaban J connectivity index is 3.28. The molecule has 0 N–H and O–H groups in total. The van der Waals surface area contributed by atoms with Gasteiger partial charge in [0.15, 0.2) is 0 Å². The third kappa shape index (κ3) is 10.3. The quantitative estimate of drug-likeness (QED) is 0.381. The van der Waals surface area contributed by atoms with Crippen molar-refractivity contribution >= 4 is 0 Å². The second kappa shape index (κ2) is 12.1. The van der Waals surface area contributed by atoms with Crippen molar-refractivity contribution in [2.24, 2.45) is 5.92 Å². The zero-order valence-corrected chi connectivity index (χ0v) is 11.1. The van der Waals surface area contributed by atoms with Gasteiger partial charge in [-0.25, -0.2) is 0 Å². The predicted molar refractivity (Wildman–Crippen MR) is 71.0 cm³/mol. The van der Waals surface area contributed by atoms with Crippen LogP contribution in [-0.2, 0) is 0 Å². The molecule has 0 amide bonds. The predicted octanol–water partition coefficient (Wildman–Crippen LogP) is 5.77. The summed E-state index contributed by atoms with van der Waals surface area (Å²) in [5, 5.41) is 0. The standard InChI is InChI=1S/C15H31/c1-4-7-8-9-10-11-14-15(12-5-2)13-6-3/h15H,2,4-14H2,1,3H3. The molecule has 0 nitrogen and oxygen atoms in total. The van der Waals surface area contributed by atoms with Crippen LogP contribution in [0.5, 0.6) is 0 Å². The van der Waals surface area contributed by atoms with E-state index in [2.05, 4.69) is 20.8 Å². The third-order valence-electron chi connectivity index (χ3n) is 3.28. The SMILES string of the molecule is [CH2]CCC(CCC)CCCCCCCC. The van der Waals surface area contributed by atoms with Crippen molar-refractivity contribution in [2.75, 3.05) is 0 Å². The summed E-state index contributed by atoms with van der Waals surface area (Å²) >= 11 is 0. The fraction of sp³-hybridized carbons (Fsp3) is 0.933. The van der Waals surface area contributed by atoms with Crippen LogP contribution in [-0.4, -0.2) is 0 Å². The summed E-state index contributed by atoms with van der Waals surface area (Å²) < 4.78 is 0. The summed E-state index contributed by atoms with van der Waals surface area (Å²) in [5.41, 5.74) is 0. The molecule has 0 saturated heterocycles. The van der Waals surface area contributed by atoms with Gasteiger partial charge in [0.1, 0.15) is 0 Å². The van der Waals surface area contributed by atoms with Gasteiger partial charge < -0.3 is 0 Å². The third-order valence-corrected chi connectivity index (χ3v) is 3.28. The molecule has 1 unspecified atom stereocenters. The highest BCUT2D eigenvalue weighted by Gasteiger charge is 2.05. The van der Waals surface area contributed by atoms with Crippen molar-refractivity contribution in [3.63, 3.8) is 0 Å². The molecule has 0 aliphatic heterocycles. The molecule has 1 atom stereocenters. The molecule has 15 heavy (non-hydrogen) atoms. The Labute approximate surface area is 97.8 Å². The summed E-state index contributed by atoms with van der Waals surface area (Å²) in [5.74, 6) is 0.971. The Hall–Kier alpha value is 0. The Kier molecular flexibility index (Phi) is 12.1.